The summed E-state index contributed by atoms with van der Waals surface area (Å²) in [7, 11) is 0. The quantitative estimate of drug-likeness (QED) is 0.830. The summed E-state index contributed by atoms with van der Waals surface area (Å²) in [5.41, 5.74) is 1.40. The monoisotopic (exact) mass is 260 g/mol. The van der Waals surface area contributed by atoms with Crippen LogP contribution in [0.25, 0.3) is 0 Å². The van der Waals surface area contributed by atoms with Crippen molar-refractivity contribution in [3.63, 3.8) is 0 Å². The van der Waals surface area contributed by atoms with Crippen LogP contribution in [0.4, 0.5) is 4.39 Å². The van der Waals surface area contributed by atoms with Crippen LogP contribution in [0.3, 0.4) is 0 Å². The maximum absolute atomic E-state index is 13.3. The summed E-state index contributed by atoms with van der Waals surface area (Å²) in [6.07, 6.45) is 2.41. The van der Waals surface area contributed by atoms with Crippen LogP contribution >= 0.6 is 0 Å². The van der Waals surface area contributed by atoms with E-state index >= 15 is 0 Å². The lowest BCUT2D eigenvalue weighted by atomic mass is 9.86. The largest absolute Gasteiger partial charge is 0.299 e. The van der Waals surface area contributed by atoms with Gasteiger partial charge in [-0.05, 0) is 61.5 Å². The summed E-state index contributed by atoms with van der Waals surface area (Å²) in [5, 5.41) is 9.06. The van der Waals surface area contributed by atoms with Crippen molar-refractivity contribution >= 4 is 0 Å². The van der Waals surface area contributed by atoms with Crippen molar-refractivity contribution in [1.29, 1.82) is 5.26 Å². The van der Waals surface area contributed by atoms with Gasteiger partial charge in [0.1, 0.15) is 5.82 Å². The molecule has 1 fully saturated rings. The summed E-state index contributed by atoms with van der Waals surface area (Å²) < 4.78 is 13.3. The Balaban J connectivity index is 2.00. The van der Waals surface area contributed by atoms with Crippen LogP contribution in [0.1, 0.15) is 37.8 Å². The molecule has 1 aliphatic heterocycles. The molecule has 0 aromatic heterocycles. The summed E-state index contributed by atoms with van der Waals surface area (Å²) in [6.45, 7) is 7.33. The average Bonchev–Trinajstić information content (AvgIpc) is 2.39. The van der Waals surface area contributed by atoms with Crippen LogP contribution in [0, 0.1) is 29.0 Å². The van der Waals surface area contributed by atoms with Crippen molar-refractivity contribution in [1.82, 2.24) is 4.90 Å². The summed E-state index contributed by atoms with van der Waals surface area (Å²) in [6, 6.07) is 6.57. The fourth-order valence-electron chi connectivity index (χ4n) is 2.82. The molecule has 1 aromatic carbocycles. The second-order valence-electron chi connectivity index (χ2n) is 5.77. The van der Waals surface area contributed by atoms with E-state index in [1.807, 2.05) is 0 Å². The standard InChI is InChI=1S/C16H21FN2/c1-12(2)13-5-7-19(8-6-13)11-15-9-16(17)4-3-14(15)10-18/h3-4,9,12-13H,5-8,11H2,1-2H3. The average molecular weight is 260 g/mol. The molecule has 0 amide bonds. The zero-order valence-corrected chi connectivity index (χ0v) is 11.7. The third-order valence-corrected chi connectivity index (χ3v) is 4.16. The lowest BCUT2D eigenvalue weighted by Gasteiger charge is -2.34. The number of likely N-dealkylation sites (tertiary alicyclic amines) is 1. The molecular formula is C16H21FN2. The van der Waals surface area contributed by atoms with E-state index in [0.29, 0.717) is 12.1 Å². The van der Waals surface area contributed by atoms with Crippen LogP contribution in [0.2, 0.25) is 0 Å². The lowest BCUT2D eigenvalue weighted by Crippen LogP contribution is -2.34. The van der Waals surface area contributed by atoms with E-state index < -0.39 is 0 Å². The van der Waals surface area contributed by atoms with E-state index in [2.05, 4.69) is 24.8 Å². The summed E-state index contributed by atoms with van der Waals surface area (Å²) in [5.74, 6) is 1.29. The number of rotatable bonds is 3. The second kappa shape index (κ2) is 6.16. The molecule has 0 bridgehead atoms. The van der Waals surface area contributed by atoms with Gasteiger partial charge < -0.3 is 0 Å². The van der Waals surface area contributed by atoms with Crippen LogP contribution in [-0.2, 0) is 6.54 Å². The van der Waals surface area contributed by atoms with Gasteiger partial charge >= 0.3 is 0 Å². The van der Waals surface area contributed by atoms with Gasteiger partial charge in [-0.25, -0.2) is 4.39 Å². The molecule has 0 saturated carbocycles. The highest BCUT2D eigenvalue weighted by Crippen LogP contribution is 2.25. The van der Waals surface area contributed by atoms with Crippen molar-refractivity contribution in [3.05, 3.63) is 35.1 Å². The van der Waals surface area contributed by atoms with Gasteiger partial charge in [0.2, 0.25) is 0 Å². The van der Waals surface area contributed by atoms with Gasteiger partial charge in [0.05, 0.1) is 11.6 Å². The maximum Gasteiger partial charge on any atom is 0.123 e. The molecule has 19 heavy (non-hydrogen) atoms. The van der Waals surface area contributed by atoms with Gasteiger partial charge in [0.25, 0.3) is 0 Å². The fourth-order valence-corrected chi connectivity index (χ4v) is 2.82. The topological polar surface area (TPSA) is 27.0 Å². The number of halogens is 1. The molecule has 0 aliphatic carbocycles. The van der Waals surface area contributed by atoms with Gasteiger partial charge in [-0.15, -0.1) is 0 Å². The smallest absolute Gasteiger partial charge is 0.123 e. The highest BCUT2D eigenvalue weighted by Gasteiger charge is 2.22. The Bertz CT molecular complexity index is 468. The number of piperidine rings is 1. The number of hydrogen-bond donors (Lipinski definition) is 0. The third kappa shape index (κ3) is 3.54. The maximum atomic E-state index is 13.3. The third-order valence-electron chi connectivity index (χ3n) is 4.16. The highest BCUT2D eigenvalue weighted by molar-refractivity contribution is 5.37. The number of hydrogen-bond acceptors (Lipinski definition) is 2. The Morgan fingerprint density at radius 3 is 2.63 bits per heavy atom. The minimum Gasteiger partial charge on any atom is -0.299 e. The normalized spacial score (nSPS) is 17.6. The van der Waals surface area contributed by atoms with E-state index in [1.165, 1.54) is 25.0 Å². The van der Waals surface area contributed by atoms with Crippen LogP contribution in [0.15, 0.2) is 18.2 Å². The van der Waals surface area contributed by atoms with E-state index in [4.69, 9.17) is 5.26 Å². The predicted molar refractivity (Wildman–Crippen MR) is 74.0 cm³/mol. The van der Waals surface area contributed by atoms with Crippen molar-refractivity contribution < 1.29 is 4.39 Å². The first kappa shape index (κ1) is 14.0. The van der Waals surface area contributed by atoms with Gasteiger partial charge in [0.15, 0.2) is 0 Å². The Kier molecular flexibility index (Phi) is 4.55. The predicted octanol–water partition coefficient (Wildman–Crippen LogP) is 3.57. The molecule has 1 aliphatic rings. The first-order valence-electron chi connectivity index (χ1n) is 7.01. The number of nitriles is 1. The second-order valence-corrected chi connectivity index (χ2v) is 5.77. The molecule has 0 unspecified atom stereocenters. The Morgan fingerprint density at radius 2 is 2.05 bits per heavy atom. The molecule has 2 rings (SSSR count). The molecular weight excluding hydrogens is 239 g/mol. The first-order valence-corrected chi connectivity index (χ1v) is 7.01. The van der Waals surface area contributed by atoms with Gasteiger partial charge in [-0.3, -0.25) is 4.90 Å². The Labute approximate surface area is 114 Å². The van der Waals surface area contributed by atoms with Gasteiger partial charge in [-0.1, -0.05) is 13.8 Å². The molecule has 0 spiro atoms. The summed E-state index contributed by atoms with van der Waals surface area (Å²) in [4.78, 5) is 2.33. The minimum absolute atomic E-state index is 0.258. The zero-order valence-electron chi connectivity index (χ0n) is 11.7. The van der Waals surface area contributed by atoms with Gasteiger partial charge in [-0.2, -0.15) is 5.26 Å². The summed E-state index contributed by atoms with van der Waals surface area (Å²) >= 11 is 0. The van der Waals surface area contributed by atoms with E-state index in [1.54, 1.807) is 6.07 Å². The van der Waals surface area contributed by atoms with Crippen LogP contribution in [-0.4, -0.2) is 18.0 Å². The van der Waals surface area contributed by atoms with Crippen molar-refractivity contribution in [3.8, 4) is 6.07 Å². The molecule has 3 heteroatoms. The molecule has 2 nitrogen and oxygen atoms in total. The fraction of sp³-hybridized carbons (Fsp3) is 0.562. The van der Waals surface area contributed by atoms with Crippen LogP contribution in [0.5, 0.6) is 0 Å². The van der Waals surface area contributed by atoms with Crippen molar-refractivity contribution in [2.75, 3.05) is 13.1 Å². The van der Waals surface area contributed by atoms with Crippen LogP contribution < -0.4 is 0 Å². The first-order chi connectivity index (χ1) is 9.10. The van der Waals surface area contributed by atoms with E-state index in [9.17, 15) is 4.39 Å². The molecule has 0 N–H and O–H groups in total. The van der Waals surface area contributed by atoms with Gasteiger partial charge in [0, 0.05) is 6.54 Å². The number of nitrogens with zero attached hydrogens (tertiary/aromatic N) is 2. The molecule has 0 radical (unpaired) electrons. The number of benzene rings is 1. The lowest BCUT2D eigenvalue weighted by molar-refractivity contribution is 0.152. The van der Waals surface area contributed by atoms with Crippen molar-refractivity contribution in [2.45, 2.75) is 33.2 Å². The molecule has 0 atom stereocenters. The Morgan fingerprint density at radius 1 is 1.37 bits per heavy atom. The molecule has 1 saturated heterocycles. The van der Waals surface area contributed by atoms with E-state index in [-0.39, 0.29) is 5.82 Å². The van der Waals surface area contributed by atoms with Crippen molar-refractivity contribution in [2.24, 2.45) is 11.8 Å². The van der Waals surface area contributed by atoms with E-state index in [0.717, 1.165) is 30.5 Å². The molecule has 102 valence electrons. The minimum atomic E-state index is -0.258. The zero-order chi connectivity index (χ0) is 13.8. The highest BCUT2D eigenvalue weighted by atomic mass is 19.1. The Hall–Kier alpha value is -1.40. The molecule has 1 aromatic rings. The molecule has 1 heterocycles. The SMILES string of the molecule is CC(C)C1CCN(Cc2cc(F)ccc2C#N)CC1.